The van der Waals surface area contributed by atoms with Crippen molar-refractivity contribution >= 4 is 34.3 Å². The molecule has 0 saturated carbocycles. The van der Waals surface area contributed by atoms with E-state index in [0.29, 0.717) is 17.2 Å². The van der Waals surface area contributed by atoms with Crippen LogP contribution in [-0.4, -0.2) is 28.9 Å². The van der Waals surface area contributed by atoms with Gasteiger partial charge in [-0.2, -0.15) is 11.8 Å². The molecule has 1 atom stereocenters. The van der Waals surface area contributed by atoms with Crippen molar-refractivity contribution in [3.05, 3.63) is 30.0 Å². The molecule has 4 nitrogen and oxygen atoms in total. The average Bonchev–Trinajstić information content (AvgIpc) is 3.04. The number of anilines is 1. The molecule has 1 aliphatic heterocycles. The highest BCUT2D eigenvalue weighted by molar-refractivity contribution is 7.99. The van der Waals surface area contributed by atoms with Crippen LogP contribution in [0.3, 0.4) is 0 Å². The Morgan fingerprint density at radius 1 is 1.53 bits per heavy atom. The van der Waals surface area contributed by atoms with Crippen molar-refractivity contribution in [2.24, 2.45) is 5.92 Å². The number of carbonyl (C=O) groups is 1. The van der Waals surface area contributed by atoms with Gasteiger partial charge >= 0.3 is 0 Å². The topological polar surface area (TPSA) is 70.9 Å². The third-order valence-corrected chi connectivity index (χ3v) is 4.76. The normalized spacial score (nSPS) is 18.8. The molecule has 3 rings (SSSR count). The second kappa shape index (κ2) is 5.17. The Hall–Kier alpha value is -1.62. The molecule has 100 valence electrons. The maximum Gasteiger partial charge on any atom is 0.253 e. The number of aromatic amines is 1. The van der Waals surface area contributed by atoms with Crippen LogP contribution in [0.2, 0.25) is 0 Å². The molecule has 0 aliphatic carbocycles. The first-order valence-corrected chi connectivity index (χ1v) is 7.62. The quantitative estimate of drug-likeness (QED) is 0.752. The van der Waals surface area contributed by atoms with E-state index in [-0.39, 0.29) is 5.91 Å². The van der Waals surface area contributed by atoms with Crippen molar-refractivity contribution in [1.82, 2.24) is 10.3 Å². The lowest BCUT2D eigenvalue weighted by Gasteiger charge is -2.09. The lowest BCUT2D eigenvalue weighted by molar-refractivity contribution is 0.0950. The Labute approximate surface area is 116 Å². The van der Waals surface area contributed by atoms with Gasteiger partial charge in [0.25, 0.3) is 5.91 Å². The highest BCUT2D eigenvalue weighted by atomic mass is 32.2. The number of rotatable bonds is 3. The first-order valence-electron chi connectivity index (χ1n) is 6.46. The standard InChI is InChI=1S/C14H17N3OS/c15-10-1-2-11-12(7-16-13(11)5-10)14(18)17-6-9-3-4-19-8-9/h1-2,5,7,9,16H,3-4,6,8,15H2,(H,17,18). The second-order valence-corrected chi connectivity index (χ2v) is 6.10. The zero-order valence-electron chi connectivity index (χ0n) is 10.6. The summed E-state index contributed by atoms with van der Waals surface area (Å²) in [5.74, 6) is 2.99. The number of fused-ring (bicyclic) bond motifs is 1. The van der Waals surface area contributed by atoms with Gasteiger partial charge in [0.15, 0.2) is 0 Å². The van der Waals surface area contributed by atoms with E-state index in [1.165, 1.54) is 12.2 Å². The van der Waals surface area contributed by atoms with Gasteiger partial charge in [-0.05, 0) is 42.0 Å². The molecule has 0 bridgehead atoms. The van der Waals surface area contributed by atoms with Crippen LogP contribution >= 0.6 is 11.8 Å². The van der Waals surface area contributed by atoms with Gasteiger partial charge in [-0.3, -0.25) is 4.79 Å². The van der Waals surface area contributed by atoms with Gasteiger partial charge in [0.1, 0.15) is 0 Å². The minimum absolute atomic E-state index is 0.00655. The smallest absolute Gasteiger partial charge is 0.253 e. The number of carbonyl (C=O) groups excluding carboxylic acids is 1. The van der Waals surface area contributed by atoms with Crippen LogP contribution < -0.4 is 11.1 Å². The highest BCUT2D eigenvalue weighted by Gasteiger charge is 2.18. The number of thioether (sulfide) groups is 1. The molecule has 1 aromatic carbocycles. The molecule has 1 aliphatic rings. The number of aromatic nitrogens is 1. The second-order valence-electron chi connectivity index (χ2n) is 4.95. The lowest BCUT2D eigenvalue weighted by atomic mass is 10.1. The number of nitrogens with one attached hydrogen (secondary N) is 2. The number of nitrogens with two attached hydrogens (primary N) is 1. The summed E-state index contributed by atoms with van der Waals surface area (Å²) in [6, 6.07) is 5.56. The number of hydrogen-bond acceptors (Lipinski definition) is 3. The minimum atomic E-state index is -0.00655. The van der Waals surface area contributed by atoms with E-state index in [2.05, 4.69) is 10.3 Å². The SMILES string of the molecule is Nc1ccc2c(C(=O)NCC3CCSC3)c[nH]c2c1. The van der Waals surface area contributed by atoms with Crippen molar-refractivity contribution in [2.75, 3.05) is 23.8 Å². The first kappa shape index (κ1) is 12.4. The summed E-state index contributed by atoms with van der Waals surface area (Å²) in [6.45, 7) is 0.771. The fraction of sp³-hybridized carbons (Fsp3) is 0.357. The van der Waals surface area contributed by atoms with Gasteiger partial charge in [0.2, 0.25) is 0 Å². The van der Waals surface area contributed by atoms with Crippen LogP contribution in [0.25, 0.3) is 10.9 Å². The molecule has 4 N–H and O–H groups in total. The van der Waals surface area contributed by atoms with Crippen molar-refractivity contribution < 1.29 is 4.79 Å². The molecule has 1 unspecified atom stereocenters. The van der Waals surface area contributed by atoms with Gasteiger partial charge < -0.3 is 16.0 Å². The Bertz CT molecular complexity index is 602. The summed E-state index contributed by atoms with van der Waals surface area (Å²) in [4.78, 5) is 15.3. The number of benzene rings is 1. The fourth-order valence-corrected chi connectivity index (χ4v) is 3.69. The van der Waals surface area contributed by atoms with Crippen molar-refractivity contribution in [2.45, 2.75) is 6.42 Å². The minimum Gasteiger partial charge on any atom is -0.399 e. The number of hydrogen-bond donors (Lipinski definition) is 3. The molecule has 1 aromatic heterocycles. The summed E-state index contributed by atoms with van der Waals surface area (Å²) < 4.78 is 0. The van der Waals surface area contributed by atoms with E-state index in [9.17, 15) is 4.79 Å². The maximum absolute atomic E-state index is 12.2. The summed E-state index contributed by atoms with van der Waals surface area (Å²) in [6.07, 6.45) is 2.96. The summed E-state index contributed by atoms with van der Waals surface area (Å²) >= 11 is 1.96. The van der Waals surface area contributed by atoms with Crippen LogP contribution in [0.4, 0.5) is 5.69 Å². The molecular formula is C14H17N3OS. The number of H-pyrrole nitrogens is 1. The predicted molar refractivity (Wildman–Crippen MR) is 80.5 cm³/mol. The Kier molecular flexibility index (Phi) is 3.38. The predicted octanol–water partition coefficient (Wildman–Crippen LogP) is 2.23. The van der Waals surface area contributed by atoms with E-state index in [0.717, 1.165) is 23.2 Å². The molecular weight excluding hydrogens is 258 g/mol. The molecule has 0 radical (unpaired) electrons. The van der Waals surface area contributed by atoms with E-state index in [4.69, 9.17) is 5.73 Å². The Morgan fingerprint density at radius 2 is 2.42 bits per heavy atom. The van der Waals surface area contributed by atoms with E-state index in [1.54, 1.807) is 6.20 Å². The maximum atomic E-state index is 12.2. The van der Waals surface area contributed by atoms with Gasteiger partial charge in [-0.1, -0.05) is 0 Å². The lowest BCUT2D eigenvalue weighted by Crippen LogP contribution is -2.29. The molecule has 1 amide bonds. The zero-order chi connectivity index (χ0) is 13.2. The van der Waals surface area contributed by atoms with E-state index in [1.807, 2.05) is 30.0 Å². The van der Waals surface area contributed by atoms with E-state index >= 15 is 0 Å². The van der Waals surface area contributed by atoms with Crippen molar-refractivity contribution in [3.8, 4) is 0 Å². The van der Waals surface area contributed by atoms with Crippen LogP contribution in [0.1, 0.15) is 16.8 Å². The highest BCUT2D eigenvalue weighted by Crippen LogP contribution is 2.23. The van der Waals surface area contributed by atoms with Gasteiger partial charge in [-0.15, -0.1) is 0 Å². The van der Waals surface area contributed by atoms with Gasteiger partial charge in [0.05, 0.1) is 5.56 Å². The zero-order valence-corrected chi connectivity index (χ0v) is 11.4. The van der Waals surface area contributed by atoms with Crippen LogP contribution in [0, 0.1) is 5.92 Å². The van der Waals surface area contributed by atoms with Crippen molar-refractivity contribution in [1.29, 1.82) is 0 Å². The first-order chi connectivity index (χ1) is 9.24. The van der Waals surface area contributed by atoms with Gasteiger partial charge in [0, 0.05) is 29.3 Å². The monoisotopic (exact) mass is 275 g/mol. The molecule has 0 spiro atoms. The third kappa shape index (κ3) is 2.56. The number of amides is 1. The number of nitrogen functional groups attached to an aromatic ring is 1. The molecule has 1 fully saturated rings. The van der Waals surface area contributed by atoms with Gasteiger partial charge in [-0.25, -0.2) is 0 Å². The van der Waals surface area contributed by atoms with Crippen LogP contribution in [-0.2, 0) is 0 Å². The molecule has 2 aromatic rings. The molecule has 5 heteroatoms. The third-order valence-electron chi connectivity index (χ3n) is 3.53. The molecule has 2 heterocycles. The summed E-state index contributed by atoms with van der Waals surface area (Å²) in [5.41, 5.74) is 8.03. The Morgan fingerprint density at radius 3 is 3.21 bits per heavy atom. The van der Waals surface area contributed by atoms with E-state index < -0.39 is 0 Å². The molecule has 1 saturated heterocycles. The summed E-state index contributed by atoms with van der Waals surface area (Å²) in [7, 11) is 0. The Balaban J connectivity index is 1.74. The van der Waals surface area contributed by atoms with Crippen LogP contribution in [0.15, 0.2) is 24.4 Å². The van der Waals surface area contributed by atoms with Crippen LogP contribution in [0.5, 0.6) is 0 Å². The average molecular weight is 275 g/mol. The largest absolute Gasteiger partial charge is 0.399 e. The fourth-order valence-electron chi connectivity index (χ4n) is 2.41. The molecule has 19 heavy (non-hydrogen) atoms. The van der Waals surface area contributed by atoms with Crippen molar-refractivity contribution in [3.63, 3.8) is 0 Å². The summed E-state index contributed by atoms with van der Waals surface area (Å²) in [5, 5.41) is 3.95.